The van der Waals surface area contributed by atoms with E-state index in [9.17, 15) is 27.2 Å². The third-order valence-corrected chi connectivity index (χ3v) is 8.93. The van der Waals surface area contributed by atoms with Crippen LogP contribution in [-0.4, -0.2) is 62.4 Å². The lowest BCUT2D eigenvalue weighted by Gasteiger charge is -2.30. The molecule has 2 aromatic carbocycles. The van der Waals surface area contributed by atoms with E-state index in [2.05, 4.69) is 4.99 Å². The van der Waals surface area contributed by atoms with Crippen LogP contribution in [0, 0.1) is 11.7 Å². The lowest BCUT2D eigenvalue weighted by molar-refractivity contribution is -0.141. The van der Waals surface area contributed by atoms with Crippen molar-refractivity contribution in [1.29, 1.82) is 0 Å². The number of hydrogen-bond donors (Lipinski definition) is 0. The number of carbonyl (C=O) groups is 3. The van der Waals surface area contributed by atoms with Gasteiger partial charge in [0.2, 0.25) is 10.0 Å². The summed E-state index contributed by atoms with van der Waals surface area (Å²) < 4.78 is 52.2. The predicted octanol–water partition coefficient (Wildman–Crippen LogP) is 2.33. The third-order valence-electron chi connectivity index (χ3n) is 6.01. The monoisotopic (exact) mass is 549 g/mol. The molecular formula is C24H24FN3O7S2. The Balaban J connectivity index is 1.67. The Hall–Kier alpha value is -3.42. The lowest BCUT2D eigenvalue weighted by atomic mass is 9.99. The van der Waals surface area contributed by atoms with Gasteiger partial charge in [0.1, 0.15) is 12.4 Å². The van der Waals surface area contributed by atoms with Crippen LogP contribution in [0.2, 0.25) is 0 Å². The Labute approximate surface area is 216 Å². The van der Waals surface area contributed by atoms with E-state index in [1.165, 1.54) is 35.2 Å². The van der Waals surface area contributed by atoms with E-state index in [0.717, 1.165) is 23.5 Å². The van der Waals surface area contributed by atoms with E-state index in [0.29, 0.717) is 28.6 Å². The molecule has 1 aliphatic heterocycles. The van der Waals surface area contributed by atoms with Gasteiger partial charge in [-0.15, -0.1) is 0 Å². The molecule has 1 aliphatic rings. The van der Waals surface area contributed by atoms with Crippen LogP contribution in [0.25, 0.3) is 10.2 Å². The highest BCUT2D eigenvalue weighted by Gasteiger charge is 2.33. The molecule has 10 nitrogen and oxygen atoms in total. The highest BCUT2D eigenvalue weighted by molar-refractivity contribution is 7.89. The fourth-order valence-corrected chi connectivity index (χ4v) is 6.65. The Kier molecular flexibility index (Phi) is 7.85. The van der Waals surface area contributed by atoms with Crippen LogP contribution in [0.1, 0.15) is 23.2 Å². The fourth-order valence-electron chi connectivity index (χ4n) is 4.05. The number of fused-ring (bicyclic) bond motifs is 1. The highest BCUT2D eigenvalue weighted by atomic mass is 32.2. The molecule has 1 unspecified atom stereocenters. The first kappa shape index (κ1) is 26.6. The zero-order valence-electron chi connectivity index (χ0n) is 20.0. The number of piperidine rings is 1. The molecule has 4 rings (SSSR count). The maximum absolute atomic E-state index is 13.3. The number of hydrogen-bond acceptors (Lipinski definition) is 8. The van der Waals surface area contributed by atoms with Crippen LogP contribution in [0.15, 0.2) is 52.4 Å². The molecule has 3 aromatic rings. The molecule has 37 heavy (non-hydrogen) atoms. The van der Waals surface area contributed by atoms with Crippen LogP contribution < -0.4 is 4.80 Å². The van der Waals surface area contributed by atoms with Gasteiger partial charge in [-0.25, -0.2) is 17.6 Å². The van der Waals surface area contributed by atoms with E-state index in [4.69, 9.17) is 9.47 Å². The quantitative estimate of drug-likeness (QED) is 0.432. The number of nitrogens with zero attached hydrogens (tertiary/aromatic N) is 3. The summed E-state index contributed by atoms with van der Waals surface area (Å²) in [7, 11) is -1.41. The molecule has 0 saturated carbocycles. The van der Waals surface area contributed by atoms with Gasteiger partial charge in [-0.2, -0.15) is 9.30 Å². The van der Waals surface area contributed by atoms with E-state index >= 15 is 0 Å². The third kappa shape index (κ3) is 5.63. The minimum absolute atomic E-state index is 0.0548. The number of sulfonamides is 1. The van der Waals surface area contributed by atoms with Gasteiger partial charge in [0, 0.05) is 13.1 Å². The van der Waals surface area contributed by atoms with Gasteiger partial charge in [-0.05, 0) is 55.3 Å². The maximum atomic E-state index is 13.3. The first-order chi connectivity index (χ1) is 17.6. The second-order valence-corrected chi connectivity index (χ2v) is 11.3. The van der Waals surface area contributed by atoms with E-state index in [1.807, 2.05) is 0 Å². The van der Waals surface area contributed by atoms with Gasteiger partial charge in [0.25, 0.3) is 5.91 Å². The van der Waals surface area contributed by atoms with Crippen molar-refractivity contribution in [3.8, 4) is 0 Å². The summed E-state index contributed by atoms with van der Waals surface area (Å²) >= 11 is 1.11. The van der Waals surface area contributed by atoms with Gasteiger partial charge >= 0.3 is 11.9 Å². The van der Waals surface area contributed by atoms with E-state index in [1.54, 1.807) is 18.2 Å². The molecule has 0 bridgehead atoms. The van der Waals surface area contributed by atoms with Crippen molar-refractivity contribution < 1.29 is 36.7 Å². The zero-order valence-corrected chi connectivity index (χ0v) is 21.7. The first-order valence-corrected chi connectivity index (χ1v) is 13.5. The number of thiazole rings is 1. The van der Waals surface area contributed by atoms with Crippen molar-refractivity contribution in [2.75, 3.05) is 27.3 Å². The summed E-state index contributed by atoms with van der Waals surface area (Å²) in [6.07, 6.45) is 0.884. The number of amides is 1. The maximum Gasteiger partial charge on any atom is 0.337 e. The van der Waals surface area contributed by atoms with Crippen molar-refractivity contribution in [3.05, 3.63) is 58.6 Å². The van der Waals surface area contributed by atoms with Crippen molar-refractivity contribution in [2.45, 2.75) is 24.3 Å². The number of esters is 2. The second-order valence-electron chi connectivity index (χ2n) is 8.33. The second kappa shape index (κ2) is 10.9. The first-order valence-electron chi connectivity index (χ1n) is 11.3. The average Bonchev–Trinajstić information content (AvgIpc) is 3.24. The smallest absolute Gasteiger partial charge is 0.337 e. The number of rotatable bonds is 6. The predicted molar refractivity (Wildman–Crippen MR) is 132 cm³/mol. The van der Waals surface area contributed by atoms with Crippen LogP contribution in [0.5, 0.6) is 0 Å². The van der Waals surface area contributed by atoms with Crippen molar-refractivity contribution in [1.82, 2.24) is 8.87 Å². The Bertz CT molecular complexity index is 1530. The molecule has 196 valence electrons. The number of carbonyl (C=O) groups excluding carboxylic acids is 3. The van der Waals surface area contributed by atoms with E-state index in [-0.39, 0.29) is 29.3 Å². The summed E-state index contributed by atoms with van der Waals surface area (Å²) in [4.78, 5) is 41.6. The largest absolute Gasteiger partial charge is 0.468 e. The van der Waals surface area contributed by atoms with E-state index < -0.39 is 39.6 Å². The minimum atomic E-state index is -3.92. The zero-order chi connectivity index (χ0) is 26.7. The fraction of sp³-hybridized carbons (Fsp3) is 0.333. The molecule has 1 saturated heterocycles. The van der Waals surface area contributed by atoms with Crippen molar-refractivity contribution in [3.63, 3.8) is 0 Å². The molecule has 2 heterocycles. The Morgan fingerprint density at radius 2 is 1.84 bits per heavy atom. The summed E-state index contributed by atoms with van der Waals surface area (Å²) in [6, 6.07) is 9.28. The number of ether oxygens (including phenoxy) is 2. The lowest BCUT2D eigenvalue weighted by Crippen LogP contribution is -2.42. The normalized spacial score (nSPS) is 17.1. The number of aromatic nitrogens is 1. The Morgan fingerprint density at radius 3 is 2.51 bits per heavy atom. The number of benzene rings is 2. The van der Waals surface area contributed by atoms with Gasteiger partial charge in [0.15, 0.2) is 4.80 Å². The van der Waals surface area contributed by atoms with Crippen molar-refractivity contribution in [2.24, 2.45) is 10.9 Å². The van der Waals surface area contributed by atoms with Crippen LogP contribution in [0.3, 0.4) is 0 Å². The molecule has 1 aromatic heterocycles. The molecule has 13 heteroatoms. The molecule has 0 radical (unpaired) electrons. The van der Waals surface area contributed by atoms with Crippen LogP contribution in [0.4, 0.5) is 4.39 Å². The van der Waals surface area contributed by atoms with Gasteiger partial charge in [0.05, 0.1) is 40.8 Å². The van der Waals surface area contributed by atoms with Crippen LogP contribution >= 0.6 is 11.3 Å². The average molecular weight is 550 g/mol. The van der Waals surface area contributed by atoms with Crippen LogP contribution in [-0.2, 0) is 35.6 Å². The minimum Gasteiger partial charge on any atom is -0.468 e. The molecule has 1 amide bonds. The van der Waals surface area contributed by atoms with Crippen molar-refractivity contribution >= 4 is 49.4 Å². The molecule has 1 atom stereocenters. The molecule has 0 spiro atoms. The van der Waals surface area contributed by atoms with Gasteiger partial charge in [-0.3, -0.25) is 9.59 Å². The number of halogens is 1. The van der Waals surface area contributed by atoms with Gasteiger partial charge < -0.3 is 14.0 Å². The Morgan fingerprint density at radius 1 is 1.11 bits per heavy atom. The SMILES string of the molecule is COC(=O)Cn1c(=NC(=O)C2CCCN(S(=O)(=O)c3ccc(F)cc3)C2)sc2cc(C(=O)OC)ccc21. The van der Waals surface area contributed by atoms with Gasteiger partial charge in [-0.1, -0.05) is 11.3 Å². The summed E-state index contributed by atoms with van der Waals surface area (Å²) in [5.74, 6) is -2.87. The molecular weight excluding hydrogens is 525 g/mol. The highest BCUT2D eigenvalue weighted by Crippen LogP contribution is 2.25. The summed E-state index contributed by atoms with van der Waals surface area (Å²) in [5.41, 5.74) is 0.868. The standard InChI is InChI=1S/C24H24FN3O7S2/c1-34-21(29)14-28-19-10-5-15(23(31)35-2)12-20(19)36-24(28)26-22(30)16-4-3-11-27(13-16)37(32,33)18-8-6-17(25)7-9-18/h5-10,12,16H,3-4,11,13-14H2,1-2H3. The topological polar surface area (TPSA) is 124 Å². The summed E-state index contributed by atoms with van der Waals surface area (Å²) in [5, 5.41) is 0. The molecule has 0 aliphatic carbocycles. The molecule has 0 N–H and O–H groups in total. The summed E-state index contributed by atoms with van der Waals surface area (Å²) in [6.45, 7) is -0.0582. The molecule has 1 fully saturated rings. The number of methoxy groups -OCH3 is 2.